The van der Waals surface area contributed by atoms with E-state index in [-0.39, 0.29) is 5.91 Å². The Morgan fingerprint density at radius 2 is 2.37 bits per heavy atom. The van der Waals surface area contributed by atoms with Gasteiger partial charge in [-0.25, -0.2) is 10.8 Å². The third kappa shape index (κ3) is 3.21. The third-order valence-corrected chi connectivity index (χ3v) is 2.81. The summed E-state index contributed by atoms with van der Waals surface area (Å²) in [6.07, 6.45) is 5.06. The molecule has 0 saturated carbocycles. The van der Waals surface area contributed by atoms with Crippen molar-refractivity contribution >= 4 is 5.91 Å². The van der Waals surface area contributed by atoms with Crippen LogP contribution in [0, 0.1) is 0 Å². The summed E-state index contributed by atoms with van der Waals surface area (Å²) in [5.74, 6) is 6.37. The molecule has 7 nitrogen and oxygen atoms in total. The minimum absolute atomic E-state index is 0.359. The van der Waals surface area contributed by atoms with Crippen molar-refractivity contribution < 1.29 is 9.21 Å². The summed E-state index contributed by atoms with van der Waals surface area (Å²) in [7, 11) is 3.91. The Morgan fingerprint density at radius 3 is 3.00 bits per heavy atom. The molecule has 3 N–H and O–H groups in total. The molecule has 2 rings (SSSR count). The van der Waals surface area contributed by atoms with E-state index in [0.717, 1.165) is 5.82 Å². The molecule has 0 aromatic carbocycles. The first-order valence-electron chi connectivity index (χ1n) is 5.83. The number of hydrazine groups is 1. The molecule has 0 saturated heterocycles. The number of hydrogen-bond donors (Lipinski definition) is 2. The molecule has 0 aliphatic carbocycles. The number of imidazole rings is 1. The number of nitrogen functional groups attached to an aromatic ring is 1. The number of carbonyl (C=O) groups excluding carboxylic acids is 1. The Morgan fingerprint density at radius 1 is 1.58 bits per heavy atom. The van der Waals surface area contributed by atoms with Crippen molar-refractivity contribution in [1.82, 2.24) is 19.9 Å². The van der Waals surface area contributed by atoms with Crippen molar-refractivity contribution in [3.63, 3.8) is 0 Å². The van der Waals surface area contributed by atoms with Crippen LogP contribution in [0.2, 0.25) is 0 Å². The lowest BCUT2D eigenvalue weighted by atomic mass is 10.3. The topological polar surface area (TPSA) is 89.3 Å². The lowest BCUT2D eigenvalue weighted by Gasteiger charge is -2.14. The molecule has 7 heteroatoms. The molecular formula is C12H17N5O2. The number of aromatic nitrogens is 2. The minimum Gasteiger partial charge on any atom is -0.467 e. The van der Waals surface area contributed by atoms with E-state index in [0.29, 0.717) is 24.4 Å². The summed E-state index contributed by atoms with van der Waals surface area (Å²) >= 11 is 0. The van der Waals surface area contributed by atoms with Gasteiger partial charge in [0.1, 0.15) is 17.8 Å². The van der Waals surface area contributed by atoms with Crippen molar-refractivity contribution in [3.05, 3.63) is 41.9 Å². The van der Waals surface area contributed by atoms with Crippen LogP contribution in [0.5, 0.6) is 0 Å². The molecule has 0 spiro atoms. The smallest absolute Gasteiger partial charge is 0.268 e. The number of nitrogens with one attached hydrogen (secondary N) is 1. The second kappa shape index (κ2) is 5.68. The van der Waals surface area contributed by atoms with Crippen molar-refractivity contribution in [2.24, 2.45) is 12.9 Å². The van der Waals surface area contributed by atoms with Gasteiger partial charge >= 0.3 is 0 Å². The summed E-state index contributed by atoms with van der Waals surface area (Å²) in [5, 5.41) is 0. The average molecular weight is 263 g/mol. The molecule has 2 heterocycles. The zero-order valence-electron chi connectivity index (χ0n) is 11.0. The Bertz CT molecular complexity index is 560. The van der Waals surface area contributed by atoms with E-state index in [1.54, 1.807) is 12.3 Å². The largest absolute Gasteiger partial charge is 0.467 e. The van der Waals surface area contributed by atoms with Crippen LogP contribution < -0.4 is 11.3 Å². The highest BCUT2D eigenvalue weighted by atomic mass is 16.3. The minimum atomic E-state index is -0.359. The molecule has 19 heavy (non-hydrogen) atoms. The molecule has 0 radical (unpaired) electrons. The molecule has 2 aromatic heterocycles. The molecule has 0 fully saturated rings. The predicted molar refractivity (Wildman–Crippen MR) is 68.7 cm³/mol. The van der Waals surface area contributed by atoms with Crippen molar-refractivity contribution in [1.29, 1.82) is 0 Å². The van der Waals surface area contributed by atoms with E-state index >= 15 is 0 Å². The second-order valence-corrected chi connectivity index (χ2v) is 4.40. The number of furan rings is 1. The Balaban J connectivity index is 1.95. The predicted octanol–water partition coefficient (Wildman–Crippen LogP) is 0.249. The van der Waals surface area contributed by atoms with E-state index < -0.39 is 0 Å². The molecule has 0 atom stereocenters. The average Bonchev–Trinajstić information content (AvgIpc) is 2.99. The monoisotopic (exact) mass is 263 g/mol. The number of amides is 1. The van der Waals surface area contributed by atoms with Crippen LogP contribution in [-0.2, 0) is 20.1 Å². The van der Waals surface area contributed by atoms with Gasteiger partial charge in [-0.2, -0.15) is 0 Å². The number of nitrogens with zero attached hydrogens (tertiary/aromatic N) is 3. The third-order valence-electron chi connectivity index (χ3n) is 2.81. The van der Waals surface area contributed by atoms with Gasteiger partial charge in [0.05, 0.1) is 18.7 Å². The molecule has 2 aromatic rings. The van der Waals surface area contributed by atoms with Crippen molar-refractivity contribution in [3.8, 4) is 0 Å². The van der Waals surface area contributed by atoms with Crippen LogP contribution in [0.4, 0.5) is 0 Å². The molecule has 0 bridgehead atoms. The van der Waals surface area contributed by atoms with Gasteiger partial charge < -0.3 is 8.98 Å². The van der Waals surface area contributed by atoms with Crippen LogP contribution in [-0.4, -0.2) is 27.4 Å². The van der Waals surface area contributed by atoms with E-state index in [1.165, 1.54) is 6.26 Å². The zero-order chi connectivity index (χ0) is 13.8. The number of hydrogen-bond acceptors (Lipinski definition) is 5. The zero-order valence-corrected chi connectivity index (χ0v) is 11.0. The maximum atomic E-state index is 11.3. The molecule has 1 amide bonds. The van der Waals surface area contributed by atoms with Gasteiger partial charge in [0.2, 0.25) is 0 Å². The normalized spacial score (nSPS) is 10.9. The Hall–Kier alpha value is -2.12. The molecule has 102 valence electrons. The summed E-state index contributed by atoms with van der Waals surface area (Å²) < 4.78 is 7.29. The van der Waals surface area contributed by atoms with Gasteiger partial charge in [0.25, 0.3) is 5.91 Å². The van der Waals surface area contributed by atoms with Gasteiger partial charge in [-0.1, -0.05) is 0 Å². The van der Waals surface area contributed by atoms with Gasteiger partial charge in [0, 0.05) is 19.4 Å². The van der Waals surface area contributed by atoms with E-state index in [9.17, 15) is 4.79 Å². The Kier molecular flexibility index (Phi) is 3.98. The van der Waals surface area contributed by atoms with Gasteiger partial charge in [-0.05, 0) is 13.1 Å². The molecule has 0 unspecified atom stereocenters. The highest BCUT2D eigenvalue weighted by molar-refractivity contribution is 5.93. The van der Waals surface area contributed by atoms with Crippen LogP contribution in [0.25, 0.3) is 0 Å². The quantitative estimate of drug-likeness (QED) is 0.458. The molecule has 0 aliphatic rings. The lowest BCUT2D eigenvalue weighted by molar-refractivity contribution is 0.0953. The summed E-state index contributed by atoms with van der Waals surface area (Å²) in [4.78, 5) is 17.6. The van der Waals surface area contributed by atoms with Crippen LogP contribution in [0.1, 0.15) is 21.9 Å². The fourth-order valence-corrected chi connectivity index (χ4v) is 1.78. The number of nitrogens with two attached hydrogens (primary N) is 1. The lowest BCUT2D eigenvalue weighted by Crippen LogP contribution is -2.29. The number of aryl methyl sites for hydroxylation is 1. The maximum Gasteiger partial charge on any atom is 0.268 e. The van der Waals surface area contributed by atoms with Crippen molar-refractivity contribution in [2.75, 3.05) is 7.05 Å². The highest BCUT2D eigenvalue weighted by Gasteiger charge is 2.11. The van der Waals surface area contributed by atoms with Crippen LogP contribution >= 0.6 is 0 Å². The SMILES string of the molecule is CN(Cc1cc(C(=O)NN)co1)Cc1nccn1C. The summed E-state index contributed by atoms with van der Waals surface area (Å²) in [5.41, 5.74) is 2.49. The summed E-state index contributed by atoms with van der Waals surface area (Å²) in [6.45, 7) is 1.29. The fraction of sp³-hybridized carbons (Fsp3) is 0.333. The van der Waals surface area contributed by atoms with Crippen LogP contribution in [0.3, 0.4) is 0 Å². The molecular weight excluding hydrogens is 246 g/mol. The van der Waals surface area contributed by atoms with E-state index in [2.05, 4.69) is 10.4 Å². The van der Waals surface area contributed by atoms with Gasteiger partial charge in [-0.3, -0.25) is 15.1 Å². The maximum absolute atomic E-state index is 11.3. The first kappa shape index (κ1) is 13.3. The Labute approximate surface area is 111 Å². The fourth-order valence-electron chi connectivity index (χ4n) is 1.78. The van der Waals surface area contributed by atoms with Gasteiger partial charge in [-0.15, -0.1) is 0 Å². The number of rotatable bonds is 5. The second-order valence-electron chi connectivity index (χ2n) is 4.40. The van der Waals surface area contributed by atoms with Crippen molar-refractivity contribution in [2.45, 2.75) is 13.1 Å². The van der Waals surface area contributed by atoms with E-state index in [1.807, 2.05) is 29.8 Å². The molecule has 0 aliphatic heterocycles. The number of carbonyl (C=O) groups is 1. The van der Waals surface area contributed by atoms with Crippen LogP contribution in [0.15, 0.2) is 29.1 Å². The van der Waals surface area contributed by atoms with E-state index in [4.69, 9.17) is 10.3 Å². The summed E-state index contributed by atoms with van der Waals surface area (Å²) in [6, 6.07) is 1.68. The highest BCUT2D eigenvalue weighted by Crippen LogP contribution is 2.11. The van der Waals surface area contributed by atoms with Gasteiger partial charge in [0.15, 0.2) is 0 Å². The first-order valence-corrected chi connectivity index (χ1v) is 5.83. The standard InChI is InChI=1S/C12H17N5O2/c1-16(7-11-14-3-4-17(11)2)6-10-5-9(8-19-10)12(18)15-13/h3-5,8H,6-7,13H2,1-2H3,(H,15,18). The first-order chi connectivity index (χ1) is 9.10.